The van der Waals surface area contributed by atoms with Crippen molar-refractivity contribution in [2.24, 2.45) is 5.73 Å². The molecule has 0 radical (unpaired) electrons. The Morgan fingerprint density at radius 3 is 2.85 bits per heavy atom. The highest BCUT2D eigenvalue weighted by Gasteiger charge is 2.22. The lowest BCUT2D eigenvalue weighted by molar-refractivity contribution is -0.140. The number of piperidine rings is 1. The quantitative estimate of drug-likeness (QED) is 0.617. The maximum absolute atomic E-state index is 11.2. The van der Waals surface area contributed by atoms with Crippen LogP contribution in [0.1, 0.15) is 19.3 Å². The van der Waals surface area contributed by atoms with Gasteiger partial charge in [-0.2, -0.15) is 0 Å². The summed E-state index contributed by atoms with van der Waals surface area (Å²) in [5.74, 6) is -1.04. The summed E-state index contributed by atoms with van der Waals surface area (Å²) in [6, 6.07) is -0.956. The van der Waals surface area contributed by atoms with Crippen LogP contribution in [0.4, 0.5) is 0 Å². The lowest BCUT2D eigenvalue weighted by Crippen LogP contribution is -2.46. The summed E-state index contributed by atoms with van der Waals surface area (Å²) in [4.78, 5) is 23.2. The minimum Gasteiger partial charge on any atom is -0.480 e. The van der Waals surface area contributed by atoms with Crippen molar-refractivity contribution in [3.05, 3.63) is 0 Å². The van der Waals surface area contributed by atoms with Crippen molar-refractivity contribution >= 4 is 11.9 Å². The molecule has 0 bridgehead atoms. The minimum atomic E-state index is -1.06. The van der Waals surface area contributed by atoms with Gasteiger partial charge in [0.2, 0.25) is 5.91 Å². The number of hydrogen-bond acceptors (Lipinski definition) is 3. The lowest BCUT2D eigenvalue weighted by Gasteiger charge is -2.27. The monoisotopic (exact) mass is 186 g/mol. The first kappa shape index (κ1) is 9.98. The van der Waals surface area contributed by atoms with E-state index in [1.54, 1.807) is 0 Å². The van der Waals surface area contributed by atoms with Gasteiger partial charge in [-0.05, 0) is 12.8 Å². The third-order valence-corrected chi connectivity index (χ3v) is 2.16. The summed E-state index contributed by atoms with van der Waals surface area (Å²) in [6.07, 6.45) is 2.36. The van der Waals surface area contributed by atoms with Crippen molar-refractivity contribution < 1.29 is 14.7 Å². The zero-order valence-electron chi connectivity index (χ0n) is 7.40. The maximum Gasteiger partial charge on any atom is 0.322 e. The molecule has 1 aliphatic rings. The van der Waals surface area contributed by atoms with E-state index in [0.717, 1.165) is 12.8 Å². The van der Waals surface area contributed by atoms with Crippen molar-refractivity contribution in [2.75, 3.05) is 13.1 Å². The Kier molecular flexibility index (Phi) is 3.25. The molecule has 0 saturated carbocycles. The number of nitrogens with zero attached hydrogens (tertiary/aromatic N) is 1. The number of carbonyl (C=O) groups is 2. The van der Waals surface area contributed by atoms with Gasteiger partial charge >= 0.3 is 5.97 Å². The van der Waals surface area contributed by atoms with E-state index in [9.17, 15) is 9.59 Å². The van der Waals surface area contributed by atoms with Crippen LogP contribution >= 0.6 is 0 Å². The highest BCUT2D eigenvalue weighted by Crippen LogP contribution is 2.10. The average molecular weight is 186 g/mol. The molecule has 0 unspecified atom stereocenters. The Labute approximate surface area is 76.5 Å². The fourth-order valence-electron chi connectivity index (χ4n) is 1.37. The Bertz CT molecular complexity index is 217. The summed E-state index contributed by atoms with van der Waals surface area (Å²) in [6.45, 7) is 0.772. The van der Waals surface area contributed by atoms with Gasteiger partial charge in [0.05, 0.1) is 0 Å². The summed E-state index contributed by atoms with van der Waals surface area (Å²) in [5, 5.41) is 8.54. The number of carboxylic acid groups (broad SMARTS) is 1. The van der Waals surface area contributed by atoms with Crippen molar-refractivity contribution in [3.8, 4) is 0 Å². The molecule has 1 heterocycles. The van der Waals surface area contributed by atoms with Crippen LogP contribution in [0.25, 0.3) is 0 Å². The smallest absolute Gasteiger partial charge is 0.322 e. The summed E-state index contributed by atoms with van der Waals surface area (Å²) < 4.78 is 0. The number of amides is 1. The van der Waals surface area contributed by atoms with Crippen LogP contribution in [0.5, 0.6) is 0 Å². The summed E-state index contributed by atoms with van der Waals surface area (Å²) >= 11 is 0. The summed E-state index contributed by atoms with van der Waals surface area (Å²) in [5.41, 5.74) is 5.32. The molecule has 5 heteroatoms. The van der Waals surface area contributed by atoms with Gasteiger partial charge in [0, 0.05) is 19.5 Å². The number of rotatable bonds is 3. The molecular weight excluding hydrogens is 172 g/mol. The van der Waals surface area contributed by atoms with E-state index in [4.69, 9.17) is 10.8 Å². The van der Waals surface area contributed by atoms with Crippen LogP contribution in [-0.4, -0.2) is 41.0 Å². The van der Waals surface area contributed by atoms with Gasteiger partial charge in [-0.15, -0.1) is 0 Å². The van der Waals surface area contributed by atoms with Crippen LogP contribution < -0.4 is 5.73 Å². The predicted molar refractivity (Wildman–Crippen MR) is 46.0 cm³/mol. The van der Waals surface area contributed by atoms with Crippen LogP contribution in [0.15, 0.2) is 0 Å². The fourth-order valence-corrected chi connectivity index (χ4v) is 1.37. The molecule has 0 aromatic carbocycles. The first-order chi connectivity index (χ1) is 6.11. The van der Waals surface area contributed by atoms with Crippen molar-refractivity contribution in [2.45, 2.75) is 25.3 Å². The van der Waals surface area contributed by atoms with Gasteiger partial charge in [-0.25, -0.2) is 0 Å². The van der Waals surface area contributed by atoms with Gasteiger partial charge < -0.3 is 15.7 Å². The number of nitrogens with two attached hydrogens (primary N) is 1. The molecule has 1 amide bonds. The highest BCUT2D eigenvalue weighted by atomic mass is 16.4. The second kappa shape index (κ2) is 4.23. The van der Waals surface area contributed by atoms with E-state index in [2.05, 4.69) is 0 Å². The molecule has 1 atom stereocenters. The fraction of sp³-hybridized carbons (Fsp3) is 0.750. The SMILES string of the molecule is N[C@H](CN1CCCCC1=O)C(=O)O. The molecule has 1 saturated heterocycles. The second-order valence-electron chi connectivity index (χ2n) is 3.24. The van der Waals surface area contributed by atoms with Gasteiger partial charge in [-0.1, -0.05) is 0 Å². The average Bonchev–Trinajstić information content (AvgIpc) is 2.08. The molecule has 0 spiro atoms. The molecule has 1 rings (SSSR count). The van der Waals surface area contributed by atoms with E-state index < -0.39 is 12.0 Å². The highest BCUT2D eigenvalue weighted by molar-refractivity contribution is 5.79. The molecule has 1 fully saturated rings. The van der Waals surface area contributed by atoms with Crippen LogP contribution in [0.2, 0.25) is 0 Å². The Hall–Kier alpha value is -1.10. The third kappa shape index (κ3) is 2.69. The number of carbonyl (C=O) groups excluding carboxylic acids is 1. The molecule has 1 aliphatic heterocycles. The number of aliphatic carboxylic acids is 1. The maximum atomic E-state index is 11.2. The van der Waals surface area contributed by atoms with Crippen molar-refractivity contribution in [3.63, 3.8) is 0 Å². The van der Waals surface area contributed by atoms with E-state index in [1.165, 1.54) is 4.90 Å². The molecule has 0 aromatic rings. The zero-order valence-corrected chi connectivity index (χ0v) is 7.40. The molecule has 3 N–H and O–H groups in total. The van der Waals surface area contributed by atoms with Gasteiger partial charge in [0.15, 0.2) is 0 Å². The van der Waals surface area contributed by atoms with Crippen molar-refractivity contribution in [1.82, 2.24) is 4.90 Å². The molecular formula is C8H14N2O3. The van der Waals surface area contributed by atoms with Gasteiger partial charge in [0.1, 0.15) is 6.04 Å². The molecule has 0 aliphatic carbocycles. The van der Waals surface area contributed by atoms with Gasteiger partial charge in [-0.3, -0.25) is 9.59 Å². The Morgan fingerprint density at radius 2 is 2.31 bits per heavy atom. The third-order valence-electron chi connectivity index (χ3n) is 2.16. The van der Waals surface area contributed by atoms with E-state index in [0.29, 0.717) is 13.0 Å². The minimum absolute atomic E-state index is 0.0166. The standard InChI is InChI=1S/C8H14N2O3/c9-6(8(12)13)5-10-4-2-1-3-7(10)11/h6H,1-5,9H2,(H,12,13)/t6-/m1/s1. The van der Waals surface area contributed by atoms with Crippen molar-refractivity contribution in [1.29, 1.82) is 0 Å². The largest absolute Gasteiger partial charge is 0.480 e. The Morgan fingerprint density at radius 1 is 1.62 bits per heavy atom. The number of hydrogen-bond donors (Lipinski definition) is 2. The molecule has 74 valence electrons. The lowest BCUT2D eigenvalue weighted by atomic mass is 10.1. The van der Waals surface area contributed by atoms with Crippen LogP contribution in [0, 0.1) is 0 Å². The van der Waals surface area contributed by atoms with E-state index >= 15 is 0 Å². The topological polar surface area (TPSA) is 83.6 Å². The molecule has 5 nitrogen and oxygen atoms in total. The van der Waals surface area contributed by atoms with Gasteiger partial charge in [0.25, 0.3) is 0 Å². The Balaban J connectivity index is 2.42. The predicted octanol–water partition coefficient (Wildman–Crippen LogP) is -0.589. The van der Waals surface area contributed by atoms with Crippen LogP contribution in [0.3, 0.4) is 0 Å². The van der Waals surface area contributed by atoms with E-state index in [-0.39, 0.29) is 12.5 Å². The number of carboxylic acids is 1. The molecule has 0 aromatic heterocycles. The molecule has 13 heavy (non-hydrogen) atoms. The van der Waals surface area contributed by atoms with E-state index in [1.807, 2.05) is 0 Å². The first-order valence-electron chi connectivity index (χ1n) is 4.37. The second-order valence-corrected chi connectivity index (χ2v) is 3.24. The zero-order chi connectivity index (χ0) is 9.84. The first-order valence-corrected chi connectivity index (χ1v) is 4.37. The normalized spacial score (nSPS) is 20.1. The number of likely N-dealkylation sites (tertiary alicyclic amines) is 1. The summed E-state index contributed by atoms with van der Waals surface area (Å²) in [7, 11) is 0. The van der Waals surface area contributed by atoms with Crippen LogP contribution in [-0.2, 0) is 9.59 Å².